The number of nitro groups is 1. The molecule has 0 heterocycles. The van der Waals surface area contributed by atoms with Gasteiger partial charge in [0.25, 0.3) is 5.69 Å². The van der Waals surface area contributed by atoms with E-state index in [0.717, 1.165) is 24.1 Å². The van der Waals surface area contributed by atoms with Crippen molar-refractivity contribution >= 4 is 34.1 Å². The first-order valence-corrected chi connectivity index (χ1v) is 14.8. The van der Waals surface area contributed by atoms with Crippen LogP contribution in [0.2, 0.25) is 0 Å². The third kappa shape index (κ3) is 10.8. The van der Waals surface area contributed by atoms with Crippen LogP contribution >= 0.6 is 0 Å². The number of rotatable bonds is 19. The number of aryl methyl sites for hydroxylation is 1. The fraction of sp³-hybridized carbons (Fsp3) is 0.438. The van der Waals surface area contributed by atoms with Gasteiger partial charge in [0.1, 0.15) is 22.9 Å². The fourth-order valence-electron chi connectivity index (χ4n) is 4.55. The molecule has 3 rings (SSSR count). The van der Waals surface area contributed by atoms with Crippen molar-refractivity contribution in [3.05, 3.63) is 70.3 Å². The minimum absolute atomic E-state index is 0.0238. The van der Waals surface area contributed by atoms with Gasteiger partial charge in [-0.15, -0.1) is 10.2 Å². The van der Waals surface area contributed by atoms with Crippen LogP contribution in [0.15, 0.2) is 75.1 Å². The molecule has 43 heavy (non-hydrogen) atoms. The molecule has 0 aliphatic heterocycles. The quantitative estimate of drug-likeness (QED) is 0.0616. The Morgan fingerprint density at radius 1 is 0.767 bits per heavy atom. The Morgan fingerprint density at radius 3 is 1.88 bits per heavy atom. The first-order chi connectivity index (χ1) is 21.0. The van der Waals surface area contributed by atoms with E-state index in [1.165, 1.54) is 83.4 Å². The molecule has 0 aromatic heterocycles. The fourth-order valence-corrected chi connectivity index (χ4v) is 4.55. The first kappa shape index (κ1) is 33.1. The number of aliphatic hydroxyl groups excluding tert-OH is 1. The van der Waals surface area contributed by atoms with Crippen molar-refractivity contribution in [1.29, 1.82) is 0 Å². The predicted octanol–water partition coefficient (Wildman–Crippen LogP) is 9.53. The van der Waals surface area contributed by atoms with Crippen LogP contribution in [-0.2, 0) is 6.42 Å². The van der Waals surface area contributed by atoms with Crippen LogP contribution in [0.4, 0.5) is 34.1 Å². The van der Waals surface area contributed by atoms with Crippen LogP contribution in [0.25, 0.3) is 0 Å². The zero-order valence-corrected chi connectivity index (χ0v) is 25.3. The topological polar surface area (TPSA) is 143 Å². The molecule has 0 saturated heterocycles. The summed E-state index contributed by atoms with van der Waals surface area (Å²) in [5.41, 5.74) is 4.14. The Labute approximate surface area is 253 Å². The van der Waals surface area contributed by atoms with E-state index >= 15 is 0 Å². The number of aliphatic hydroxyl groups is 1. The summed E-state index contributed by atoms with van der Waals surface area (Å²) in [5.74, 6) is 0.849. The number of nitrogens with zero attached hydrogens (tertiary/aromatic N) is 5. The van der Waals surface area contributed by atoms with Crippen LogP contribution < -0.4 is 14.8 Å². The molecule has 230 valence electrons. The maximum Gasteiger partial charge on any atom is 0.269 e. The molecule has 0 aliphatic rings. The second-order valence-corrected chi connectivity index (χ2v) is 10.1. The average Bonchev–Trinajstić information content (AvgIpc) is 3.03. The predicted molar refractivity (Wildman–Crippen MR) is 169 cm³/mol. The number of hydrogen-bond acceptors (Lipinski definition) is 10. The molecule has 0 aliphatic carbocycles. The van der Waals surface area contributed by atoms with E-state index in [9.17, 15) is 15.2 Å². The Morgan fingerprint density at radius 2 is 1.33 bits per heavy atom. The number of nitrogens with one attached hydrogen (secondary N) is 1. The van der Waals surface area contributed by atoms with E-state index in [-0.39, 0.29) is 12.3 Å². The van der Waals surface area contributed by atoms with Gasteiger partial charge < -0.3 is 19.9 Å². The number of benzene rings is 3. The highest BCUT2D eigenvalue weighted by molar-refractivity contribution is 5.67. The molecular weight excluding hydrogens is 548 g/mol. The number of ether oxygens (including phenoxy) is 2. The maximum absolute atomic E-state index is 10.9. The van der Waals surface area contributed by atoms with Crippen LogP contribution in [0.3, 0.4) is 0 Å². The molecule has 0 atom stereocenters. The summed E-state index contributed by atoms with van der Waals surface area (Å²) in [7, 11) is 3.05. The SMILES string of the molecule is CCCCCCCCCCc1cc(N=Nc2cc(OC)c(N=Nc3ccc([N+](=O)[O-])cc3)cc2OC)ccc1NCCO. The van der Waals surface area contributed by atoms with Crippen molar-refractivity contribution < 1.29 is 19.5 Å². The Kier molecular flexibility index (Phi) is 14.0. The molecule has 11 nitrogen and oxygen atoms in total. The monoisotopic (exact) mass is 590 g/mol. The lowest BCUT2D eigenvalue weighted by atomic mass is 10.0. The van der Waals surface area contributed by atoms with Crippen LogP contribution in [0.5, 0.6) is 11.5 Å². The molecular formula is C32H42N6O5. The van der Waals surface area contributed by atoms with Gasteiger partial charge in [0.15, 0.2) is 0 Å². The van der Waals surface area contributed by atoms with E-state index in [1.807, 2.05) is 18.2 Å². The van der Waals surface area contributed by atoms with Crippen molar-refractivity contribution in [2.75, 3.05) is 32.7 Å². The van der Waals surface area contributed by atoms with E-state index < -0.39 is 4.92 Å². The van der Waals surface area contributed by atoms with Crippen molar-refractivity contribution in [2.24, 2.45) is 20.5 Å². The largest absolute Gasteiger partial charge is 0.494 e. The highest BCUT2D eigenvalue weighted by Gasteiger charge is 2.12. The van der Waals surface area contributed by atoms with Crippen LogP contribution in [-0.4, -0.2) is 37.4 Å². The Bertz CT molecular complexity index is 1360. The minimum atomic E-state index is -0.469. The zero-order chi connectivity index (χ0) is 30.9. The summed E-state index contributed by atoms with van der Waals surface area (Å²) in [6, 6.07) is 15.0. The van der Waals surface area contributed by atoms with E-state index in [1.54, 1.807) is 12.1 Å². The third-order valence-corrected chi connectivity index (χ3v) is 6.90. The third-order valence-electron chi connectivity index (χ3n) is 6.90. The second-order valence-electron chi connectivity index (χ2n) is 10.1. The molecule has 3 aromatic rings. The molecule has 0 radical (unpaired) electrons. The molecule has 0 amide bonds. The molecule has 3 aromatic carbocycles. The number of methoxy groups -OCH3 is 2. The molecule has 0 bridgehead atoms. The average molecular weight is 591 g/mol. The molecule has 0 unspecified atom stereocenters. The summed E-state index contributed by atoms with van der Waals surface area (Å²) in [6.45, 7) is 2.78. The van der Waals surface area contributed by atoms with Crippen molar-refractivity contribution in [2.45, 2.75) is 64.7 Å². The second kappa shape index (κ2) is 18.2. The highest BCUT2D eigenvalue weighted by Crippen LogP contribution is 2.41. The number of nitro benzene ring substituents is 1. The Balaban J connectivity index is 1.74. The highest BCUT2D eigenvalue weighted by atomic mass is 16.6. The van der Waals surface area contributed by atoms with Gasteiger partial charge >= 0.3 is 0 Å². The number of unbranched alkanes of at least 4 members (excludes halogenated alkanes) is 7. The lowest BCUT2D eigenvalue weighted by Gasteiger charge is -2.12. The van der Waals surface area contributed by atoms with Gasteiger partial charge in [-0.2, -0.15) is 10.2 Å². The van der Waals surface area contributed by atoms with Gasteiger partial charge in [0.05, 0.1) is 37.1 Å². The van der Waals surface area contributed by atoms with Gasteiger partial charge in [0.2, 0.25) is 0 Å². The number of anilines is 1. The maximum atomic E-state index is 10.9. The zero-order valence-electron chi connectivity index (χ0n) is 25.3. The molecule has 0 fully saturated rings. The Hall–Kier alpha value is -4.38. The summed E-state index contributed by atoms with van der Waals surface area (Å²) in [6.07, 6.45) is 10.9. The summed E-state index contributed by atoms with van der Waals surface area (Å²) < 4.78 is 11.1. The van der Waals surface area contributed by atoms with Crippen LogP contribution in [0, 0.1) is 10.1 Å². The number of azo groups is 2. The van der Waals surface area contributed by atoms with Crippen molar-refractivity contribution in [1.82, 2.24) is 0 Å². The van der Waals surface area contributed by atoms with E-state index in [4.69, 9.17) is 9.47 Å². The van der Waals surface area contributed by atoms with Gasteiger partial charge in [-0.25, -0.2) is 0 Å². The van der Waals surface area contributed by atoms with E-state index in [0.29, 0.717) is 40.8 Å². The molecule has 0 saturated carbocycles. The van der Waals surface area contributed by atoms with Crippen molar-refractivity contribution in [3.63, 3.8) is 0 Å². The summed E-state index contributed by atoms with van der Waals surface area (Å²) >= 11 is 0. The minimum Gasteiger partial charge on any atom is -0.494 e. The van der Waals surface area contributed by atoms with Gasteiger partial charge in [0, 0.05) is 36.5 Å². The number of non-ortho nitro benzene ring substituents is 1. The smallest absolute Gasteiger partial charge is 0.269 e. The lowest BCUT2D eigenvalue weighted by Crippen LogP contribution is -2.07. The summed E-state index contributed by atoms with van der Waals surface area (Å²) in [5, 5.41) is 40.8. The molecule has 2 N–H and O–H groups in total. The lowest BCUT2D eigenvalue weighted by molar-refractivity contribution is -0.384. The molecule has 11 heteroatoms. The molecule has 0 spiro atoms. The van der Waals surface area contributed by atoms with Gasteiger partial charge in [-0.1, -0.05) is 51.9 Å². The summed E-state index contributed by atoms with van der Waals surface area (Å²) in [4.78, 5) is 10.4. The first-order valence-electron chi connectivity index (χ1n) is 14.8. The van der Waals surface area contributed by atoms with Gasteiger partial charge in [-0.3, -0.25) is 10.1 Å². The van der Waals surface area contributed by atoms with Crippen LogP contribution in [0.1, 0.15) is 63.9 Å². The van der Waals surface area contributed by atoms with Gasteiger partial charge in [-0.05, 0) is 48.7 Å². The normalized spacial score (nSPS) is 11.3. The number of hydrogen-bond donors (Lipinski definition) is 2. The standard InChI is InChI=1S/C32H42N6O5/c1-4-5-6-7-8-9-10-11-12-24-21-26(15-18-28(24)33-19-20-39)35-37-30-23-31(42-2)29(22-32(30)43-3)36-34-25-13-16-27(17-14-25)38(40)41/h13-18,21-23,33,39H,4-12,19-20H2,1-3H3. The van der Waals surface area contributed by atoms with Crippen molar-refractivity contribution in [3.8, 4) is 11.5 Å². The van der Waals surface area contributed by atoms with E-state index in [2.05, 4.69) is 32.7 Å².